The molecule has 2 amide bonds. The Balaban J connectivity index is 1.76. The van der Waals surface area contributed by atoms with Crippen molar-refractivity contribution in [3.63, 3.8) is 0 Å². The number of rotatable bonds is 9. The first-order valence-corrected chi connectivity index (χ1v) is 9.82. The van der Waals surface area contributed by atoms with Crippen LogP contribution in [0.1, 0.15) is 54.3 Å². The number of amides is 2. The van der Waals surface area contributed by atoms with Crippen molar-refractivity contribution in [1.82, 2.24) is 10.3 Å². The van der Waals surface area contributed by atoms with Gasteiger partial charge in [-0.15, -0.1) is 11.3 Å². The van der Waals surface area contributed by atoms with Gasteiger partial charge in [0, 0.05) is 31.2 Å². The van der Waals surface area contributed by atoms with E-state index in [1.54, 1.807) is 11.3 Å². The third-order valence-electron chi connectivity index (χ3n) is 4.08. The zero-order valence-electron chi connectivity index (χ0n) is 15.7. The number of nitrogens with one attached hydrogen (secondary N) is 2. The molecule has 0 aliphatic rings. The Bertz CT molecular complexity index is 738. The molecule has 26 heavy (non-hydrogen) atoms. The summed E-state index contributed by atoms with van der Waals surface area (Å²) in [4.78, 5) is 28.5. The number of hydrogen-bond donors (Lipinski definition) is 2. The Morgan fingerprint density at radius 1 is 1.08 bits per heavy atom. The van der Waals surface area contributed by atoms with E-state index in [0.717, 1.165) is 31.4 Å². The van der Waals surface area contributed by atoms with Crippen LogP contribution >= 0.6 is 11.3 Å². The predicted octanol–water partition coefficient (Wildman–Crippen LogP) is 3.99. The minimum atomic E-state index is -0.0108. The third-order valence-corrected chi connectivity index (χ3v) is 5.15. The molecule has 0 bridgehead atoms. The molecule has 0 radical (unpaired) electrons. The molecule has 2 aromatic rings. The fourth-order valence-corrected chi connectivity index (χ4v) is 3.58. The molecule has 0 unspecified atom stereocenters. The molecular weight excluding hydrogens is 346 g/mol. The highest BCUT2D eigenvalue weighted by Crippen LogP contribution is 2.25. The van der Waals surface area contributed by atoms with Crippen molar-refractivity contribution in [1.29, 1.82) is 0 Å². The van der Waals surface area contributed by atoms with Gasteiger partial charge in [0.25, 0.3) is 0 Å². The van der Waals surface area contributed by atoms with Crippen molar-refractivity contribution in [2.45, 2.75) is 52.9 Å². The number of anilines is 1. The normalized spacial score (nSPS) is 10.6. The van der Waals surface area contributed by atoms with Crippen LogP contribution in [0.25, 0.3) is 0 Å². The van der Waals surface area contributed by atoms with Crippen LogP contribution in [0.5, 0.6) is 0 Å². The van der Waals surface area contributed by atoms with E-state index in [1.807, 2.05) is 6.92 Å². The largest absolute Gasteiger partial charge is 0.356 e. The maximum Gasteiger partial charge on any atom is 0.226 e. The monoisotopic (exact) mass is 373 g/mol. The number of nitrogens with zero attached hydrogens (tertiary/aromatic N) is 1. The average Bonchev–Trinajstić information content (AvgIpc) is 2.92. The maximum atomic E-state index is 12.1. The molecular formula is C20H27N3O2S. The first-order chi connectivity index (χ1) is 12.4. The summed E-state index contributed by atoms with van der Waals surface area (Å²) in [6.45, 7) is 6.24. The number of hydrogen-bond acceptors (Lipinski definition) is 4. The van der Waals surface area contributed by atoms with Crippen LogP contribution in [0, 0.1) is 13.8 Å². The van der Waals surface area contributed by atoms with Crippen molar-refractivity contribution in [2.75, 3.05) is 11.9 Å². The fourth-order valence-electron chi connectivity index (χ4n) is 2.57. The molecule has 0 spiro atoms. The Labute approximate surface area is 159 Å². The van der Waals surface area contributed by atoms with Gasteiger partial charge in [-0.3, -0.25) is 9.59 Å². The Morgan fingerprint density at radius 3 is 2.50 bits per heavy atom. The highest BCUT2D eigenvalue weighted by atomic mass is 32.1. The average molecular weight is 374 g/mol. The standard InChI is InChI=1S/C20H27N3O2S/c1-14-8-10-17(11-9-14)13-18-15(2)22-20(26-18)23-19(25)7-5-4-6-12-21-16(3)24/h8-11H,4-7,12-13H2,1-3H3,(H,21,24)(H,22,23,25). The second-order valence-electron chi connectivity index (χ2n) is 6.53. The second-order valence-corrected chi connectivity index (χ2v) is 7.62. The zero-order chi connectivity index (χ0) is 18.9. The summed E-state index contributed by atoms with van der Waals surface area (Å²) in [6.07, 6.45) is 3.94. The maximum absolute atomic E-state index is 12.1. The summed E-state index contributed by atoms with van der Waals surface area (Å²) in [5.41, 5.74) is 3.47. The third kappa shape index (κ3) is 6.96. The van der Waals surface area contributed by atoms with Gasteiger partial charge in [-0.2, -0.15) is 0 Å². The van der Waals surface area contributed by atoms with Crippen LogP contribution in [-0.4, -0.2) is 23.3 Å². The molecule has 0 saturated carbocycles. The number of aryl methyl sites for hydroxylation is 2. The molecule has 2 rings (SSSR count). The molecule has 0 aliphatic carbocycles. The fraction of sp³-hybridized carbons (Fsp3) is 0.450. The van der Waals surface area contributed by atoms with E-state index in [0.29, 0.717) is 18.1 Å². The van der Waals surface area contributed by atoms with Crippen molar-refractivity contribution in [3.05, 3.63) is 46.0 Å². The van der Waals surface area contributed by atoms with Crippen LogP contribution in [0.2, 0.25) is 0 Å². The van der Waals surface area contributed by atoms with E-state index in [2.05, 4.69) is 46.8 Å². The minimum Gasteiger partial charge on any atom is -0.356 e. The molecule has 6 heteroatoms. The Morgan fingerprint density at radius 2 is 1.81 bits per heavy atom. The van der Waals surface area contributed by atoms with E-state index >= 15 is 0 Å². The predicted molar refractivity (Wildman–Crippen MR) is 107 cm³/mol. The van der Waals surface area contributed by atoms with Gasteiger partial charge < -0.3 is 10.6 Å². The van der Waals surface area contributed by atoms with Gasteiger partial charge >= 0.3 is 0 Å². The van der Waals surface area contributed by atoms with Crippen LogP contribution in [0.15, 0.2) is 24.3 Å². The topological polar surface area (TPSA) is 71.1 Å². The number of carbonyl (C=O) groups is 2. The van der Waals surface area contributed by atoms with Gasteiger partial charge in [0.05, 0.1) is 5.69 Å². The number of aromatic nitrogens is 1. The lowest BCUT2D eigenvalue weighted by Gasteiger charge is -2.03. The summed E-state index contributed by atoms with van der Waals surface area (Å²) in [6, 6.07) is 8.49. The number of thiazole rings is 1. The molecule has 1 aromatic carbocycles. The van der Waals surface area contributed by atoms with Crippen LogP contribution in [0.4, 0.5) is 5.13 Å². The van der Waals surface area contributed by atoms with Gasteiger partial charge in [-0.1, -0.05) is 36.2 Å². The SMILES string of the molecule is CC(=O)NCCCCCC(=O)Nc1nc(C)c(Cc2ccc(C)cc2)s1. The van der Waals surface area contributed by atoms with Crippen LogP contribution < -0.4 is 10.6 Å². The molecule has 1 heterocycles. The molecule has 0 atom stereocenters. The van der Waals surface area contributed by atoms with Gasteiger partial charge in [-0.05, 0) is 32.3 Å². The first-order valence-electron chi connectivity index (χ1n) is 9.00. The summed E-state index contributed by atoms with van der Waals surface area (Å²) in [7, 11) is 0. The lowest BCUT2D eigenvalue weighted by atomic mass is 10.1. The summed E-state index contributed by atoms with van der Waals surface area (Å²) < 4.78 is 0. The zero-order valence-corrected chi connectivity index (χ0v) is 16.5. The Hall–Kier alpha value is -2.21. The molecule has 140 valence electrons. The van der Waals surface area contributed by atoms with E-state index in [4.69, 9.17) is 0 Å². The summed E-state index contributed by atoms with van der Waals surface area (Å²) in [5, 5.41) is 6.34. The highest BCUT2D eigenvalue weighted by Gasteiger charge is 2.11. The summed E-state index contributed by atoms with van der Waals surface area (Å²) in [5.74, 6) is -0.0107. The lowest BCUT2D eigenvalue weighted by Crippen LogP contribution is -2.20. The van der Waals surface area contributed by atoms with Gasteiger partial charge in [0.15, 0.2) is 5.13 Å². The van der Waals surface area contributed by atoms with Crippen molar-refractivity contribution in [3.8, 4) is 0 Å². The van der Waals surface area contributed by atoms with Gasteiger partial charge in [0.2, 0.25) is 11.8 Å². The molecule has 0 aliphatic heterocycles. The lowest BCUT2D eigenvalue weighted by molar-refractivity contribution is -0.119. The first kappa shape index (κ1) is 20.1. The number of carbonyl (C=O) groups excluding carboxylic acids is 2. The van der Waals surface area contributed by atoms with E-state index in [-0.39, 0.29) is 11.8 Å². The van der Waals surface area contributed by atoms with Crippen LogP contribution in [0.3, 0.4) is 0 Å². The molecule has 1 aromatic heterocycles. The molecule has 2 N–H and O–H groups in total. The van der Waals surface area contributed by atoms with Gasteiger partial charge in [-0.25, -0.2) is 4.98 Å². The minimum absolute atomic E-state index is 0.000151. The molecule has 0 saturated heterocycles. The van der Waals surface area contributed by atoms with Crippen molar-refractivity contribution >= 4 is 28.3 Å². The van der Waals surface area contributed by atoms with E-state index in [1.165, 1.54) is 22.9 Å². The quantitative estimate of drug-likeness (QED) is 0.653. The second kappa shape index (κ2) is 10.1. The smallest absolute Gasteiger partial charge is 0.226 e. The Kier molecular flexibility index (Phi) is 7.78. The van der Waals surface area contributed by atoms with Crippen molar-refractivity contribution < 1.29 is 9.59 Å². The highest BCUT2D eigenvalue weighted by molar-refractivity contribution is 7.15. The van der Waals surface area contributed by atoms with Crippen molar-refractivity contribution in [2.24, 2.45) is 0 Å². The summed E-state index contributed by atoms with van der Waals surface area (Å²) >= 11 is 1.55. The van der Waals surface area contributed by atoms with E-state index < -0.39 is 0 Å². The molecule has 0 fully saturated rings. The van der Waals surface area contributed by atoms with Crippen LogP contribution in [-0.2, 0) is 16.0 Å². The van der Waals surface area contributed by atoms with E-state index in [9.17, 15) is 9.59 Å². The molecule has 5 nitrogen and oxygen atoms in total. The number of benzene rings is 1. The number of unbranched alkanes of at least 4 members (excludes halogenated alkanes) is 2. The van der Waals surface area contributed by atoms with Gasteiger partial charge in [0.1, 0.15) is 0 Å².